The van der Waals surface area contributed by atoms with E-state index in [2.05, 4.69) is 110 Å². The average Bonchev–Trinajstić information content (AvgIpc) is 3.59. The summed E-state index contributed by atoms with van der Waals surface area (Å²) in [6, 6.07) is 37.0. The molecule has 3 aromatic heterocycles. The van der Waals surface area contributed by atoms with Crippen LogP contribution in [0.1, 0.15) is 0 Å². The number of fused-ring (bicyclic) bond motifs is 8. The molecule has 0 saturated heterocycles. The summed E-state index contributed by atoms with van der Waals surface area (Å²) in [5.41, 5.74) is 4.05. The van der Waals surface area contributed by atoms with Crippen LogP contribution in [-0.4, -0.2) is 9.13 Å². The molecule has 0 amide bonds. The fourth-order valence-corrected chi connectivity index (χ4v) is 7.53. The van der Waals surface area contributed by atoms with Gasteiger partial charge in [-0.25, -0.2) is 4.39 Å². The molecule has 0 aliphatic rings. The van der Waals surface area contributed by atoms with E-state index in [0.29, 0.717) is 5.39 Å². The van der Waals surface area contributed by atoms with Gasteiger partial charge in [-0.1, -0.05) is 60.7 Å². The molecular formula is C32H18BrFN2S. The van der Waals surface area contributed by atoms with Crippen LogP contribution in [0.2, 0.25) is 0 Å². The zero-order valence-electron chi connectivity index (χ0n) is 19.5. The summed E-state index contributed by atoms with van der Waals surface area (Å²) in [5.74, 6) is 0.770. The molecule has 2 nitrogen and oxygen atoms in total. The highest BCUT2D eigenvalue weighted by Gasteiger charge is 2.24. The standard InChI is InChI=1S/C32H18BrFN2S/c33-23-18-22-29-24(34)13-8-15-26(29)36(31(22)30-21-12-5-7-16-27(21)37-32(23)30)28-17-19-9-4-6-14-25(19)35(28)20-10-2-1-3-11-20/h1-18H. The lowest BCUT2D eigenvalue weighted by molar-refractivity contribution is 0.640. The number of hydrogen-bond donors (Lipinski definition) is 0. The Morgan fingerprint density at radius 3 is 2.30 bits per heavy atom. The average molecular weight is 561 g/mol. The molecule has 3 heterocycles. The Kier molecular flexibility index (Phi) is 4.46. The highest BCUT2D eigenvalue weighted by atomic mass is 79.9. The van der Waals surface area contributed by atoms with Crippen molar-refractivity contribution in [2.45, 2.75) is 0 Å². The number of rotatable bonds is 2. The third-order valence-corrected chi connectivity index (χ3v) is 9.33. The number of benzene rings is 5. The van der Waals surface area contributed by atoms with Crippen molar-refractivity contribution in [3.8, 4) is 11.5 Å². The zero-order chi connectivity index (χ0) is 24.7. The van der Waals surface area contributed by atoms with Gasteiger partial charge in [0.15, 0.2) is 0 Å². The molecule has 5 heteroatoms. The van der Waals surface area contributed by atoms with E-state index in [4.69, 9.17) is 0 Å². The SMILES string of the molecule is Fc1cccc2c1c1cc(Br)c3sc4ccccc4c3c1n2-c1cc2ccccc2n1-c1ccccc1. The fourth-order valence-electron chi connectivity index (χ4n) is 5.74. The van der Waals surface area contributed by atoms with Crippen molar-refractivity contribution >= 4 is 80.1 Å². The van der Waals surface area contributed by atoms with Crippen molar-refractivity contribution in [3.05, 3.63) is 119 Å². The van der Waals surface area contributed by atoms with Gasteiger partial charge in [-0.3, -0.25) is 9.13 Å². The van der Waals surface area contributed by atoms with Gasteiger partial charge in [-0.15, -0.1) is 11.3 Å². The highest BCUT2D eigenvalue weighted by molar-refractivity contribution is 9.10. The Bertz CT molecular complexity index is 2170. The number of hydrogen-bond acceptors (Lipinski definition) is 1. The van der Waals surface area contributed by atoms with E-state index in [9.17, 15) is 0 Å². The zero-order valence-corrected chi connectivity index (χ0v) is 21.9. The van der Waals surface area contributed by atoms with E-state index in [0.717, 1.165) is 48.7 Å². The molecule has 5 aromatic carbocycles. The third kappa shape index (κ3) is 2.90. The van der Waals surface area contributed by atoms with Gasteiger partial charge in [0.05, 0.1) is 21.3 Å². The molecule has 0 aliphatic carbocycles. The van der Waals surface area contributed by atoms with Crippen molar-refractivity contribution < 1.29 is 4.39 Å². The summed E-state index contributed by atoms with van der Waals surface area (Å²) in [5, 5.41) is 5.00. The molecule has 0 aliphatic heterocycles. The lowest BCUT2D eigenvalue weighted by atomic mass is 10.1. The Hall–Kier alpha value is -3.93. The predicted octanol–water partition coefficient (Wildman–Crippen LogP) is 10.00. The summed E-state index contributed by atoms with van der Waals surface area (Å²) in [6.45, 7) is 0. The van der Waals surface area contributed by atoms with Crippen LogP contribution in [-0.2, 0) is 0 Å². The van der Waals surface area contributed by atoms with E-state index in [1.165, 1.54) is 14.8 Å². The molecule has 0 radical (unpaired) electrons. The summed E-state index contributed by atoms with van der Waals surface area (Å²) < 4.78 is 23.5. The van der Waals surface area contributed by atoms with E-state index in [-0.39, 0.29) is 5.82 Å². The number of aromatic nitrogens is 2. The lowest BCUT2D eigenvalue weighted by Gasteiger charge is -2.15. The van der Waals surface area contributed by atoms with Crippen LogP contribution >= 0.6 is 27.3 Å². The first-order chi connectivity index (χ1) is 18.2. The molecule has 0 atom stereocenters. The van der Waals surface area contributed by atoms with Gasteiger partial charge in [-0.05, 0) is 64.5 Å². The van der Waals surface area contributed by atoms with Crippen LogP contribution in [0.4, 0.5) is 4.39 Å². The first-order valence-corrected chi connectivity index (χ1v) is 13.7. The molecular weight excluding hydrogens is 543 g/mol. The Labute approximate surface area is 223 Å². The van der Waals surface area contributed by atoms with Gasteiger partial charge in [0.25, 0.3) is 0 Å². The lowest BCUT2D eigenvalue weighted by Crippen LogP contribution is -2.04. The van der Waals surface area contributed by atoms with Crippen molar-refractivity contribution in [1.29, 1.82) is 0 Å². The largest absolute Gasteiger partial charge is 0.296 e. The van der Waals surface area contributed by atoms with E-state index in [1.807, 2.05) is 12.1 Å². The predicted molar refractivity (Wildman–Crippen MR) is 158 cm³/mol. The van der Waals surface area contributed by atoms with Crippen LogP contribution in [0.25, 0.3) is 64.4 Å². The van der Waals surface area contributed by atoms with Gasteiger partial charge < -0.3 is 0 Å². The van der Waals surface area contributed by atoms with Gasteiger partial charge in [0.1, 0.15) is 11.6 Å². The first kappa shape index (κ1) is 21.2. The third-order valence-electron chi connectivity index (χ3n) is 7.24. The maximum atomic E-state index is 15.6. The molecule has 8 rings (SSSR count). The number of nitrogens with zero attached hydrogens (tertiary/aromatic N) is 2. The van der Waals surface area contributed by atoms with E-state index in [1.54, 1.807) is 23.5 Å². The molecule has 0 spiro atoms. The number of thiophene rings is 1. The van der Waals surface area contributed by atoms with Gasteiger partial charge in [0.2, 0.25) is 0 Å². The Balaban J connectivity index is 1.67. The Morgan fingerprint density at radius 2 is 1.41 bits per heavy atom. The van der Waals surface area contributed by atoms with Crippen LogP contribution in [0.3, 0.4) is 0 Å². The summed E-state index contributed by atoms with van der Waals surface area (Å²) in [6.07, 6.45) is 0. The summed E-state index contributed by atoms with van der Waals surface area (Å²) in [7, 11) is 0. The van der Waals surface area contributed by atoms with Gasteiger partial charge in [-0.2, -0.15) is 0 Å². The minimum Gasteiger partial charge on any atom is -0.296 e. The van der Waals surface area contributed by atoms with E-state index >= 15 is 4.39 Å². The molecule has 8 aromatic rings. The first-order valence-electron chi connectivity index (χ1n) is 12.1. The minimum atomic E-state index is -0.214. The number of halogens is 2. The second kappa shape index (κ2) is 7.78. The van der Waals surface area contributed by atoms with Gasteiger partial charge >= 0.3 is 0 Å². The normalized spacial score (nSPS) is 12.1. The second-order valence-electron chi connectivity index (χ2n) is 9.26. The van der Waals surface area contributed by atoms with Crippen LogP contribution in [0.15, 0.2) is 114 Å². The van der Waals surface area contributed by atoms with Crippen molar-refractivity contribution in [3.63, 3.8) is 0 Å². The van der Waals surface area contributed by atoms with Crippen molar-refractivity contribution in [2.24, 2.45) is 0 Å². The smallest absolute Gasteiger partial charge is 0.133 e. The second-order valence-corrected chi connectivity index (χ2v) is 11.2. The minimum absolute atomic E-state index is 0.214. The monoisotopic (exact) mass is 560 g/mol. The summed E-state index contributed by atoms with van der Waals surface area (Å²) >= 11 is 5.59. The van der Waals surface area contributed by atoms with Crippen LogP contribution < -0.4 is 0 Å². The van der Waals surface area contributed by atoms with Crippen LogP contribution in [0, 0.1) is 5.82 Å². The molecule has 0 unspecified atom stereocenters. The molecule has 0 N–H and O–H groups in total. The maximum absolute atomic E-state index is 15.6. The summed E-state index contributed by atoms with van der Waals surface area (Å²) in [4.78, 5) is 0. The molecule has 0 fully saturated rings. The van der Waals surface area contributed by atoms with Gasteiger partial charge in [0, 0.05) is 41.8 Å². The maximum Gasteiger partial charge on any atom is 0.133 e. The topological polar surface area (TPSA) is 9.86 Å². The highest BCUT2D eigenvalue weighted by Crippen LogP contribution is 2.47. The molecule has 37 heavy (non-hydrogen) atoms. The van der Waals surface area contributed by atoms with Crippen molar-refractivity contribution in [2.75, 3.05) is 0 Å². The molecule has 0 saturated carbocycles. The fraction of sp³-hybridized carbons (Fsp3) is 0. The molecule has 0 bridgehead atoms. The molecule has 176 valence electrons. The van der Waals surface area contributed by atoms with Crippen molar-refractivity contribution in [1.82, 2.24) is 9.13 Å². The van der Waals surface area contributed by atoms with Crippen LogP contribution in [0.5, 0.6) is 0 Å². The Morgan fingerprint density at radius 1 is 0.649 bits per heavy atom. The quantitative estimate of drug-likeness (QED) is 0.199. The number of para-hydroxylation sites is 2. The van der Waals surface area contributed by atoms with E-state index < -0.39 is 0 Å².